The number of likely N-dealkylation sites (tertiary alicyclic amines) is 1. The number of halogens is 2. The van der Waals surface area contributed by atoms with Crippen LogP contribution in [0.2, 0.25) is 0 Å². The summed E-state index contributed by atoms with van der Waals surface area (Å²) in [6.45, 7) is 3.44. The summed E-state index contributed by atoms with van der Waals surface area (Å²) in [6.07, 6.45) is 0. The number of ether oxygens (including phenoxy) is 1. The Labute approximate surface area is 188 Å². The van der Waals surface area contributed by atoms with E-state index in [0.717, 1.165) is 17.6 Å². The SMILES string of the molecule is O=C1C(=O)N(CCN2CCOCC2)[C@H](c2ccccc2F)/C1=C(\O)c1ccc(Br)cc1. The Morgan fingerprint density at radius 3 is 2.42 bits per heavy atom. The lowest BCUT2D eigenvalue weighted by molar-refractivity contribution is -0.140. The normalized spacial score (nSPS) is 21.6. The first kappa shape index (κ1) is 21.7. The molecule has 8 heteroatoms. The van der Waals surface area contributed by atoms with Crippen molar-refractivity contribution in [3.63, 3.8) is 0 Å². The van der Waals surface area contributed by atoms with Gasteiger partial charge < -0.3 is 14.7 Å². The largest absolute Gasteiger partial charge is 0.507 e. The number of aliphatic hydroxyl groups is 1. The third-order valence-electron chi connectivity index (χ3n) is 5.62. The molecule has 0 aromatic heterocycles. The number of morpholine rings is 1. The number of hydrogen-bond donors (Lipinski definition) is 1. The fourth-order valence-corrected chi connectivity index (χ4v) is 4.23. The molecular weight excluding hydrogens is 467 g/mol. The molecule has 0 radical (unpaired) electrons. The average Bonchev–Trinajstić information content (AvgIpc) is 3.03. The van der Waals surface area contributed by atoms with Crippen LogP contribution in [0.3, 0.4) is 0 Å². The van der Waals surface area contributed by atoms with Crippen molar-refractivity contribution in [2.45, 2.75) is 6.04 Å². The quantitative estimate of drug-likeness (QED) is 0.397. The molecule has 2 saturated heterocycles. The van der Waals surface area contributed by atoms with Crippen LogP contribution >= 0.6 is 15.9 Å². The third-order valence-corrected chi connectivity index (χ3v) is 6.15. The Bertz CT molecular complexity index is 1020. The van der Waals surface area contributed by atoms with Gasteiger partial charge in [0.05, 0.1) is 24.8 Å². The summed E-state index contributed by atoms with van der Waals surface area (Å²) in [4.78, 5) is 29.4. The van der Waals surface area contributed by atoms with E-state index in [-0.39, 0.29) is 23.4 Å². The van der Waals surface area contributed by atoms with Crippen molar-refractivity contribution in [3.8, 4) is 0 Å². The van der Waals surface area contributed by atoms with E-state index in [9.17, 15) is 19.1 Å². The second-order valence-electron chi connectivity index (χ2n) is 7.47. The van der Waals surface area contributed by atoms with Crippen LogP contribution in [0.4, 0.5) is 4.39 Å². The summed E-state index contributed by atoms with van der Waals surface area (Å²) >= 11 is 3.34. The van der Waals surface area contributed by atoms with Gasteiger partial charge in [0.15, 0.2) is 0 Å². The van der Waals surface area contributed by atoms with E-state index in [2.05, 4.69) is 20.8 Å². The van der Waals surface area contributed by atoms with Crippen LogP contribution in [0, 0.1) is 5.82 Å². The van der Waals surface area contributed by atoms with E-state index in [1.807, 2.05) is 0 Å². The van der Waals surface area contributed by atoms with Gasteiger partial charge in [-0.1, -0.05) is 46.3 Å². The molecule has 1 amide bonds. The lowest BCUT2D eigenvalue weighted by atomic mass is 9.95. The van der Waals surface area contributed by atoms with Gasteiger partial charge in [0.1, 0.15) is 11.6 Å². The Morgan fingerprint density at radius 2 is 1.74 bits per heavy atom. The fourth-order valence-electron chi connectivity index (χ4n) is 3.97. The second kappa shape index (κ2) is 9.30. The van der Waals surface area contributed by atoms with Crippen LogP contribution < -0.4 is 0 Å². The van der Waals surface area contributed by atoms with Gasteiger partial charge in [0.25, 0.3) is 11.7 Å². The number of aliphatic hydroxyl groups excluding tert-OH is 1. The number of benzene rings is 2. The van der Waals surface area contributed by atoms with Crippen molar-refractivity contribution in [2.75, 3.05) is 39.4 Å². The molecule has 0 bridgehead atoms. The van der Waals surface area contributed by atoms with Crippen LogP contribution in [0.15, 0.2) is 58.6 Å². The minimum atomic E-state index is -0.995. The molecule has 0 aliphatic carbocycles. The highest BCUT2D eigenvalue weighted by atomic mass is 79.9. The number of carbonyl (C=O) groups excluding carboxylic acids is 2. The fraction of sp³-hybridized carbons (Fsp3) is 0.304. The Hall–Kier alpha value is -2.55. The van der Waals surface area contributed by atoms with Crippen molar-refractivity contribution < 1.29 is 23.8 Å². The smallest absolute Gasteiger partial charge is 0.295 e. The zero-order chi connectivity index (χ0) is 22.0. The summed E-state index contributed by atoms with van der Waals surface area (Å²) in [5, 5.41) is 11.0. The predicted octanol–water partition coefficient (Wildman–Crippen LogP) is 3.34. The summed E-state index contributed by atoms with van der Waals surface area (Å²) < 4.78 is 20.9. The maximum Gasteiger partial charge on any atom is 0.295 e. The molecule has 162 valence electrons. The van der Waals surface area contributed by atoms with Crippen LogP contribution in [0.25, 0.3) is 5.76 Å². The minimum absolute atomic E-state index is 0.0978. The third kappa shape index (κ3) is 4.42. The van der Waals surface area contributed by atoms with Crippen LogP contribution in [0.1, 0.15) is 17.2 Å². The van der Waals surface area contributed by atoms with Gasteiger partial charge in [0.2, 0.25) is 0 Å². The molecule has 31 heavy (non-hydrogen) atoms. The van der Waals surface area contributed by atoms with Crippen LogP contribution in [-0.2, 0) is 14.3 Å². The predicted molar refractivity (Wildman–Crippen MR) is 117 cm³/mol. The zero-order valence-corrected chi connectivity index (χ0v) is 18.3. The van der Waals surface area contributed by atoms with Crippen molar-refractivity contribution in [1.82, 2.24) is 9.80 Å². The van der Waals surface area contributed by atoms with Crippen molar-refractivity contribution in [1.29, 1.82) is 0 Å². The second-order valence-corrected chi connectivity index (χ2v) is 8.39. The van der Waals surface area contributed by atoms with E-state index in [0.29, 0.717) is 25.3 Å². The molecule has 1 atom stereocenters. The molecule has 4 rings (SSSR count). The number of rotatable bonds is 5. The molecule has 0 spiro atoms. The van der Waals surface area contributed by atoms with Crippen molar-refractivity contribution >= 4 is 33.4 Å². The molecule has 0 unspecified atom stereocenters. The van der Waals surface area contributed by atoms with Gasteiger partial charge in [-0.2, -0.15) is 0 Å². The molecule has 1 N–H and O–H groups in total. The first-order valence-electron chi connectivity index (χ1n) is 10.1. The highest BCUT2D eigenvalue weighted by Crippen LogP contribution is 2.40. The first-order chi connectivity index (χ1) is 15.0. The van der Waals surface area contributed by atoms with Gasteiger partial charge in [-0.3, -0.25) is 14.5 Å². The topological polar surface area (TPSA) is 70.1 Å². The summed E-state index contributed by atoms with van der Waals surface area (Å²) in [6, 6.07) is 11.8. The van der Waals surface area contributed by atoms with Crippen LogP contribution in [0.5, 0.6) is 0 Å². The van der Waals surface area contributed by atoms with E-state index < -0.39 is 23.5 Å². The highest BCUT2D eigenvalue weighted by Gasteiger charge is 2.46. The summed E-state index contributed by atoms with van der Waals surface area (Å²) in [7, 11) is 0. The molecule has 2 aromatic carbocycles. The van der Waals surface area contributed by atoms with Gasteiger partial charge in [-0.25, -0.2) is 4.39 Å². The average molecular weight is 489 g/mol. The molecule has 2 fully saturated rings. The molecule has 0 saturated carbocycles. The van der Waals surface area contributed by atoms with Crippen LogP contribution in [-0.4, -0.2) is 66.0 Å². The van der Waals surface area contributed by atoms with E-state index >= 15 is 0 Å². The number of ketones is 1. The van der Waals surface area contributed by atoms with Gasteiger partial charge in [-0.15, -0.1) is 0 Å². The molecule has 2 heterocycles. The lowest BCUT2D eigenvalue weighted by Gasteiger charge is -2.31. The van der Waals surface area contributed by atoms with Crippen molar-refractivity contribution in [2.24, 2.45) is 0 Å². The van der Waals surface area contributed by atoms with E-state index in [1.165, 1.54) is 11.0 Å². The van der Waals surface area contributed by atoms with Gasteiger partial charge in [0, 0.05) is 41.8 Å². The first-order valence-corrected chi connectivity index (χ1v) is 10.9. The van der Waals surface area contributed by atoms with E-state index in [4.69, 9.17) is 4.74 Å². The molecule has 6 nitrogen and oxygen atoms in total. The standard InChI is InChI=1S/C23H22BrFN2O4/c24-16-7-5-15(6-8-16)21(28)19-20(17-3-1-2-4-18(17)25)27(23(30)22(19)29)10-9-26-11-13-31-14-12-26/h1-8,20,28H,9-14H2/b21-19+/t20-/m1/s1. The number of carbonyl (C=O) groups is 2. The monoisotopic (exact) mass is 488 g/mol. The van der Waals surface area contributed by atoms with Crippen molar-refractivity contribution in [3.05, 3.63) is 75.5 Å². The minimum Gasteiger partial charge on any atom is -0.507 e. The molecule has 2 aliphatic rings. The summed E-state index contributed by atoms with van der Waals surface area (Å²) in [5.41, 5.74) is 0.470. The van der Waals surface area contributed by atoms with E-state index in [1.54, 1.807) is 42.5 Å². The maximum atomic E-state index is 14.8. The lowest BCUT2D eigenvalue weighted by Crippen LogP contribution is -2.42. The Kier molecular flexibility index (Phi) is 6.50. The number of hydrogen-bond acceptors (Lipinski definition) is 5. The Morgan fingerprint density at radius 1 is 1.06 bits per heavy atom. The number of Topliss-reactive ketones (excluding diaryl/α,β-unsaturated/α-hetero) is 1. The zero-order valence-electron chi connectivity index (χ0n) is 16.8. The Balaban J connectivity index is 1.75. The summed E-state index contributed by atoms with van der Waals surface area (Å²) in [5.74, 6) is -2.39. The van der Waals surface area contributed by atoms with Gasteiger partial charge >= 0.3 is 0 Å². The molecule has 2 aromatic rings. The maximum absolute atomic E-state index is 14.8. The number of nitrogens with zero attached hydrogens (tertiary/aromatic N) is 2. The molecule has 2 aliphatic heterocycles. The highest BCUT2D eigenvalue weighted by molar-refractivity contribution is 9.10. The van der Waals surface area contributed by atoms with Gasteiger partial charge in [-0.05, 0) is 18.2 Å². The number of amides is 1. The molecular formula is C23H22BrFN2O4.